The van der Waals surface area contributed by atoms with E-state index in [2.05, 4.69) is 141 Å². The summed E-state index contributed by atoms with van der Waals surface area (Å²) < 4.78 is 36.5. The lowest BCUT2D eigenvalue weighted by Gasteiger charge is -2.16. The van der Waals surface area contributed by atoms with E-state index in [0.717, 1.165) is 50.3 Å². The molecule has 9 N–H and O–H groups in total. The second-order valence-corrected chi connectivity index (χ2v) is 18.4. The van der Waals surface area contributed by atoms with Crippen molar-refractivity contribution < 1.29 is 28.4 Å². The van der Waals surface area contributed by atoms with Crippen molar-refractivity contribution >= 4 is 109 Å². The number of aromatic nitrogens is 4. The summed E-state index contributed by atoms with van der Waals surface area (Å²) in [6.45, 7) is 12.5. The summed E-state index contributed by atoms with van der Waals surface area (Å²) in [7, 11) is 4.94. The smallest absolute Gasteiger partial charge is 0.222 e. The number of rotatable bonds is 14. The Balaban J connectivity index is 0.000000265. The zero-order valence-corrected chi connectivity index (χ0v) is 45.6. The van der Waals surface area contributed by atoms with Crippen LogP contribution in [0.3, 0.4) is 0 Å². The number of nitriles is 1. The third kappa shape index (κ3) is 16.1. The van der Waals surface area contributed by atoms with E-state index in [0.29, 0.717) is 28.7 Å². The predicted octanol–water partition coefficient (Wildman–Crippen LogP) is 12.0. The summed E-state index contributed by atoms with van der Waals surface area (Å²) in [5.41, 5.74) is 26.5. The Morgan fingerprint density at radius 1 is 0.582 bits per heavy atom. The Labute approximate surface area is 438 Å². The molecule has 20 heteroatoms. The third-order valence-electron chi connectivity index (χ3n) is 9.24. The van der Waals surface area contributed by atoms with Gasteiger partial charge in [-0.05, 0) is 134 Å². The molecule has 4 aromatic carbocycles. The van der Waals surface area contributed by atoms with Crippen LogP contribution in [0.4, 0.5) is 29.2 Å². The molecule has 0 bridgehead atoms. The fourth-order valence-corrected chi connectivity index (χ4v) is 7.79. The van der Waals surface area contributed by atoms with E-state index in [9.17, 15) is 5.26 Å². The number of hydrogen-bond donors (Lipinski definition) is 5. The molecule has 67 heavy (non-hydrogen) atoms. The second kappa shape index (κ2) is 26.8. The number of halogens is 4. The zero-order chi connectivity index (χ0) is 48.7. The van der Waals surface area contributed by atoms with Gasteiger partial charge in [0, 0.05) is 22.4 Å². The highest BCUT2D eigenvalue weighted by Crippen LogP contribution is 2.40. The molecule has 6 rings (SSSR count). The normalized spacial score (nSPS) is 10.7. The van der Waals surface area contributed by atoms with Crippen LogP contribution in [0.25, 0.3) is 0 Å². The van der Waals surface area contributed by atoms with Crippen LogP contribution < -0.4 is 56.7 Å². The van der Waals surface area contributed by atoms with Crippen LogP contribution in [-0.2, 0) is 0 Å². The van der Waals surface area contributed by atoms with Gasteiger partial charge in [-0.3, -0.25) is 0 Å². The molecular weight excluding hydrogens is 1220 g/mol. The molecule has 0 spiro atoms. The minimum Gasteiger partial charge on any atom is -0.496 e. The van der Waals surface area contributed by atoms with Crippen LogP contribution in [0.2, 0.25) is 0 Å². The Kier molecular flexibility index (Phi) is 22.3. The summed E-state index contributed by atoms with van der Waals surface area (Å²) in [4.78, 5) is 15.6. The molecule has 0 aliphatic carbocycles. The number of anilines is 5. The Bertz CT molecular complexity index is 2560. The molecule has 2 heterocycles. The largest absolute Gasteiger partial charge is 0.496 e. The minimum absolute atomic E-state index is 0. The fraction of sp³-hybridized carbons (Fsp3) is 0.255. The van der Waals surface area contributed by atoms with Gasteiger partial charge < -0.3 is 56.7 Å². The van der Waals surface area contributed by atoms with E-state index in [4.69, 9.17) is 51.4 Å². The lowest BCUT2D eigenvalue weighted by molar-refractivity contribution is 0.405. The molecule has 0 aliphatic heterocycles. The van der Waals surface area contributed by atoms with Crippen molar-refractivity contribution in [1.82, 2.24) is 19.9 Å². The van der Waals surface area contributed by atoms with Crippen molar-refractivity contribution in [3.63, 3.8) is 0 Å². The number of hydrogen-bond acceptors (Lipinski definition) is 16. The first-order valence-electron chi connectivity index (χ1n) is 20.2. The summed E-state index contributed by atoms with van der Waals surface area (Å²) >= 11 is 6.58. The molecular formula is C47H54ClI3N10O6. The van der Waals surface area contributed by atoms with Crippen molar-refractivity contribution in [2.24, 2.45) is 0 Å². The maximum atomic E-state index is 9.36. The van der Waals surface area contributed by atoms with Gasteiger partial charge in [-0.25, -0.2) is 9.97 Å². The van der Waals surface area contributed by atoms with E-state index in [1.165, 1.54) is 12.4 Å². The summed E-state index contributed by atoms with van der Waals surface area (Å²) in [6, 6.07) is 23.3. The molecule has 16 nitrogen and oxygen atoms in total. The van der Waals surface area contributed by atoms with Crippen molar-refractivity contribution in [2.45, 2.75) is 59.3 Å². The lowest BCUT2D eigenvalue weighted by Crippen LogP contribution is -2.03. The molecule has 356 valence electrons. The van der Waals surface area contributed by atoms with E-state index in [-0.39, 0.29) is 59.5 Å². The topological polar surface area (TPSA) is 247 Å². The van der Waals surface area contributed by atoms with Gasteiger partial charge in [0.15, 0.2) is 23.1 Å². The average molecular weight is 1270 g/mol. The number of para-hydroxylation sites is 1. The predicted molar refractivity (Wildman–Crippen MR) is 293 cm³/mol. The molecule has 2 aromatic heterocycles. The summed E-state index contributed by atoms with van der Waals surface area (Å²) in [5.74, 6) is 6.89. The first-order chi connectivity index (χ1) is 31.4. The van der Waals surface area contributed by atoms with Gasteiger partial charge in [0.1, 0.15) is 40.6 Å². The molecule has 0 unspecified atom stereocenters. The zero-order valence-electron chi connectivity index (χ0n) is 38.4. The van der Waals surface area contributed by atoms with Crippen LogP contribution in [0, 0.1) is 22.0 Å². The number of nitrogens with one attached hydrogen (secondary N) is 1. The maximum absolute atomic E-state index is 9.36. The van der Waals surface area contributed by atoms with Gasteiger partial charge in [-0.1, -0.05) is 59.7 Å². The van der Waals surface area contributed by atoms with Crippen LogP contribution in [0.15, 0.2) is 91.1 Å². The highest BCUT2D eigenvalue weighted by Gasteiger charge is 2.18. The molecule has 0 aliphatic rings. The van der Waals surface area contributed by atoms with Crippen molar-refractivity contribution in [2.75, 3.05) is 49.6 Å². The number of nitrogens with zero attached hydrogens (tertiary/aromatic N) is 5. The van der Waals surface area contributed by atoms with E-state index in [1.54, 1.807) is 27.5 Å². The second-order valence-electron chi connectivity index (χ2n) is 14.9. The van der Waals surface area contributed by atoms with E-state index < -0.39 is 0 Å². The lowest BCUT2D eigenvalue weighted by atomic mass is 10.0. The molecule has 0 radical (unpaired) electrons. The number of allylic oxidation sites excluding steroid dienone is 1. The van der Waals surface area contributed by atoms with Gasteiger partial charge in [-0.2, -0.15) is 15.2 Å². The van der Waals surface area contributed by atoms with E-state index >= 15 is 0 Å². The van der Waals surface area contributed by atoms with Crippen LogP contribution in [0.5, 0.6) is 46.0 Å². The number of nitrogen functional groups attached to an aromatic ring is 4. The van der Waals surface area contributed by atoms with Crippen molar-refractivity contribution in [3.05, 3.63) is 118 Å². The summed E-state index contributed by atoms with van der Waals surface area (Å²) in [5, 5.41) is 12.4. The quantitative estimate of drug-likeness (QED) is 0.0386. The van der Waals surface area contributed by atoms with E-state index in [1.807, 2.05) is 66.7 Å². The standard InChI is InChI=1S/C19H19IN2O2.2C14H17IN4O2.ClH/c1-13(2)16-9-19(23-3)17(20)10-18(16)24-15(11-21)12-22-14-7-5-4-6-8-14;2*1-7(2)8-4-11(20-3)9(15)5-10(8)21-12-6-18-14(17)19-13(12)16;/h4-10,12-13,22H,1-3H3;2*4-7H,1-3H3,(H4,16,17,18,19);1H/b15-12+;;;. The monoisotopic (exact) mass is 1270 g/mol. The molecule has 0 amide bonds. The fourth-order valence-electron chi connectivity index (χ4n) is 5.82. The van der Waals surface area contributed by atoms with Crippen LogP contribution in [-0.4, -0.2) is 41.3 Å². The molecule has 0 fully saturated rings. The first-order valence-corrected chi connectivity index (χ1v) is 23.5. The summed E-state index contributed by atoms with van der Waals surface area (Å²) in [6.07, 6.45) is 4.51. The Morgan fingerprint density at radius 3 is 1.30 bits per heavy atom. The first kappa shape index (κ1) is 55.9. The van der Waals surface area contributed by atoms with Gasteiger partial charge in [0.05, 0.1) is 50.6 Å². The average Bonchev–Trinajstić information content (AvgIpc) is 3.27. The maximum Gasteiger partial charge on any atom is 0.222 e. The Hall–Kier alpha value is -5.45. The Morgan fingerprint density at radius 2 is 0.955 bits per heavy atom. The van der Waals surface area contributed by atoms with Gasteiger partial charge in [-0.15, -0.1) is 12.4 Å². The van der Waals surface area contributed by atoms with Crippen molar-refractivity contribution in [3.8, 4) is 52.1 Å². The minimum atomic E-state index is 0. The highest BCUT2D eigenvalue weighted by atomic mass is 127. The van der Waals surface area contributed by atoms with Crippen molar-refractivity contribution in [1.29, 1.82) is 5.26 Å². The third-order valence-corrected chi connectivity index (χ3v) is 11.8. The van der Waals surface area contributed by atoms with Crippen LogP contribution in [0.1, 0.15) is 76.0 Å². The number of ether oxygens (including phenoxy) is 6. The van der Waals surface area contributed by atoms with Gasteiger partial charge in [0.25, 0.3) is 0 Å². The molecule has 0 atom stereocenters. The molecule has 0 saturated heterocycles. The number of benzene rings is 4. The van der Waals surface area contributed by atoms with Gasteiger partial charge >= 0.3 is 0 Å². The SMILES string of the molecule is COc1cc(C(C)C)c(O/C(C#N)=C/Nc2ccccc2)cc1I.COc1cc(C(C)C)c(Oc2cnc(N)nc2N)cc1I.COc1cc(C(C)C)c(Oc2cnc(N)nc2N)cc1I.Cl. The number of methoxy groups -OCH3 is 3. The highest BCUT2D eigenvalue weighted by molar-refractivity contribution is 14.1. The molecule has 0 saturated carbocycles. The number of nitrogens with two attached hydrogens (primary N) is 4. The van der Waals surface area contributed by atoms with Gasteiger partial charge in [0.2, 0.25) is 17.7 Å². The molecule has 6 aromatic rings. The van der Waals surface area contributed by atoms with Crippen LogP contribution >= 0.6 is 80.2 Å².